The number of carbonyl (C=O) groups excluding carboxylic acids is 1. The zero-order valence-electron chi connectivity index (χ0n) is 12.7. The average molecular weight is 281 g/mol. The second-order valence-corrected chi connectivity index (χ2v) is 7.04. The van der Waals surface area contributed by atoms with Crippen molar-refractivity contribution in [3.8, 4) is 0 Å². The van der Waals surface area contributed by atoms with E-state index in [0.29, 0.717) is 18.3 Å². The molecule has 0 aromatic rings. The number of rotatable bonds is 5. The zero-order valence-corrected chi connectivity index (χ0v) is 12.7. The number of carboxylic acids is 1. The highest BCUT2D eigenvalue weighted by atomic mass is 16.4. The normalized spacial score (nSPS) is 32.2. The molecule has 1 amide bonds. The van der Waals surface area contributed by atoms with Gasteiger partial charge in [-0.3, -0.25) is 9.59 Å². The summed E-state index contributed by atoms with van der Waals surface area (Å²) in [6.07, 6.45) is 6.61. The van der Waals surface area contributed by atoms with E-state index in [1.54, 1.807) is 0 Å². The van der Waals surface area contributed by atoms with Gasteiger partial charge in [-0.05, 0) is 42.9 Å². The van der Waals surface area contributed by atoms with Gasteiger partial charge in [-0.25, -0.2) is 0 Å². The lowest BCUT2D eigenvalue weighted by Gasteiger charge is -2.28. The highest BCUT2D eigenvalue weighted by Crippen LogP contribution is 2.44. The molecule has 2 fully saturated rings. The summed E-state index contributed by atoms with van der Waals surface area (Å²) < 4.78 is 0. The van der Waals surface area contributed by atoms with Gasteiger partial charge in [0.15, 0.2) is 0 Å². The minimum Gasteiger partial charge on any atom is -0.481 e. The predicted octanol–water partition coefficient (Wildman–Crippen LogP) is 2.96. The molecule has 0 radical (unpaired) electrons. The van der Waals surface area contributed by atoms with Crippen LogP contribution in [0, 0.1) is 17.3 Å². The van der Waals surface area contributed by atoms with Crippen LogP contribution in [-0.2, 0) is 9.59 Å². The molecule has 2 saturated carbocycles. The molecule has 0 heterocycles. The SMILES string of the molecule is CC1CCC(NC(=O)CC2(CC(=O)O)CCCC2)C1C. The molecule has 0 spiro atoms. The molecule has 0 aliphatic heterocycles. The van der Waals surface area contributed by atoms with Gasteiger partial charge in [0.05, 0.1) is 6.42 Å². The summed E-state index contributed by atoms with van der Waals surface area (Å²) >= 11 is 0. The summed E-state index contributed by atoms with van der Waals surface area (Å²) in [4.78, 5) is 23.3. The molecule has 4 nitrogen and oxygen atoms in total. The van der Waals surface area contributed by atoms with E-state index in [9.17, 15) is 9.59 Å². The second kappa shape index (κ2) is 6.15. The van der Waals surface area contributed by atoms with Crippen molar-refractivity contribution in [2.24, 2.45) is 17.3 Å². The fraction of sp³-hybridized carbons (Fsp3) is 0.875. The second-order valence-electron chi connectivity index (χ2n) is 7.04. The minimum absolute atomic E-state index is 0.0547. The van der Waals surface area contributed by atoms with E-state index in [1.807, 2.05) is 0 Å². The van der Waals surface area contributed by atoms with Crippen LogP contribution in [0.5, 0.6) is 0 Å². The molecular formula is C16H27NO3. The maximum absolute atomic E-state index is 12.3. The first-order valence-electron chi connectivity index (χ1n) is 7.93. The Balaban J connectivity index is 1.90. The van der Waals surface area contributed by atoms with Gasteiger partial charge < -0.3 is 10.4 Å². The van der Waals surface area contributed by atoms with Gasteiger partial charge in [-0.2, -0.15) is 0 Å². The first kappa shape index (κ1) is 15.3. The Labute approximate surface area is 121 Å². The molecule has 0 saturated heterocycles. The number of aliphatic carboxylic acids is 1. The molecule has 2 rings (SSSR count). The fourth-order valence-electron chi connectivity index (χ4n) is 4.03. The van der Waals surface area contributed by atoms with E-state index >= 15 is 0 Å². The quantitative estimate of drug-likeness (QED) is 0.814. The van der Waals surface area contributed by atoms with Crippen molar-refractivity contribution < 1.29 is 14.7 Å². The maximum Gasteiger partial charge on any atom is 0.303 e. The number of hydrogen-bond acceptors (Lipinski definition) is 2. The van der Waals surface area contributed by atoms with Gasteiger partial charge in [0.2, 0.25) is 5.91 Å². The lowest BCUT2D eigenvalue weighted by molar-refractivity contribution is -0.140. The summed E-state index contributed by atoms with van der Waals surface area (Å²) in [5, 5.41) is 12.2. The highest BCUT2D eigenvalue weighted by Gasteiger charge is 2.39. The summed E-state index contributed by atoms with van der Waals surface area (Å²) in [7, 11) is 0. The Morgan fingerprint density at radius 2 is 1.80 bits per heavy atom. The van der Waals surface area contributed by atoms with Crippen LogP contribution in [0.15, 0.2) is 0 Å². The summed E-state index contributed by atoms with van der Waals surface area (Å²) in [6.45, 7) is 4.44. The van der Waals surface area contributed by atoms with Gasteiger partial charge in [-0.1, -0.05) is 26.7 Å². The molecule has 2 aliphatic carbocycles. The number of nitrogens with one attached hydrogen (secondary N) is 1. The molecule has 4 heteroatoms. The number of carboxylic acid groups (broad SMARTS) is 1. The summed E-state index contributed by atoms with van der Waals surface area (Å²) in [5.41, 5.74) is -0.288. The van der Waals surface area contributed by atoms with Crippen LogP contribution in [0.4, 0.5) is 0 Å². The topological polar surface area (TPSA) is 66.4 Å². The van der Waals surface area contributed by atoms with Crippen molar-refractivity contribution in [3.63, 3.8) is 0 Å². The molecule has 2 N–H and O–H groups in total. The fourth-order valence-corrected chi connectivity index (χ4v) is 4.03. The van der Waals surface area contributed by atoms with E-state index < -0.39 is 5.97 Å². The van der Waals surface area contributed by atoms with Crippen molar-refractivity contribution in [3.05, 3.63) is 0 Å². The van der Waals surface area contributed by atoms with E-state index in [4.69, 9.17) is 5.11 Å². The Kier molecular flexibility index (Phi) is 4.71. The van der Waals surface area contributed by atoms with Crippen LogP contribution in [0.3, 0.4) is 0 Å². The van der Waals surface area contributed by atoms with E-state index in [2.05, 4.69) is 19.2 Å². The molecule has 0 aromatic carbocycles. The number of hydrogen-bond donors (Lipinski definition) is 2. The lowest BCUT2D eigenvalue weighted by atomic mass is 9.79. The van der Waals surface area contributed by atoms with Crippen molar-refractivity contribution in [1.29, 1.82) is 0 Å². The van der Waals surface area contributed by atoms with Gasteiger partial charge in [0, 0.05) is 12.5 Å². The standard InChI is InChI=1S/C16H27NO3/c1-11-5-6-13(12(11)2)17-14(18)9-16(10-15(19)20)7-3-4-8-16/h11-13H,3-10H2,1-2H3,(H,17,18)(H,19,20). The van der Waals surface area contributed by atoms with Crippen molar-refractivity contribution >= 4 is 11.9 Å². The summed E-state index contributed by atoms with van der Waals surface area (Å²) in [5.74, 6) is 0.472. The van der Waals surface area contributed by atoms with Gasteiger partial charge in [0.25, 0.3) is 0 Å². The molecule has 3 unspecified atom stereocenters. The molecular weight excluding hydrogens is 254 g/mol. The maximum atomic E-state index is 12.3. The van der Waals surface area contributed by atoms with E-state index in [-0.39, 0.29) is 23.8 Å². The molecule has 2 aliphatic rings. The monoisotopic (exact) mass is 281 g/mol. The van der Waals surface area contributed by atoms with E-state index in [0.717, 1.165) is 32.1 Å². The van der Waals surface area contributed by atoms with Gasteiger partial charge in [0.1, 0.15) is 0 Å². The third kappa shape index (κ3) is 3.53. The van der Waals surface area contributed by atoms with Crippen LogP contribution in [-0.4, -0.2) is 23.0 Å². The number of carbonyl (C=O) groups is 2. The van der Waals surface area contributed by atoms with Crippen molar-refractivity contribution in [2.45, 2.75) is 71.3 Å². The molecule has 0 aromatic heterocycles. The Morgan fingerprint density at radius 1 is 1.15 bits per heavy atom. The van der Waals surface area contributed by atoms with Gasteiger partial charge >= 0.3 is 5.97 Å². The van der Waals surface area contributed by atoms with Crippen LogP contribution in [0.2, 0.25) is 0 Å². The largest absolute Gasteiger partial charge is 0.481 e. The molecule has 20 heavy (non-hydrogen) atoms. The molecule has 114 valence electrons. The zero-order chi connectivity index (χ0) is 14.8. The third-order valence-electron chi connectivity index (χ3n) is 5.54. The van der Waals surface area contributed by atoms with Crippen LogP contribution in [0.25, 0.3) is 0 Å². The number of amides is 1. The summed E-state index contributed by atoms with van der Waals surface area (Å²) in [6, 6.07) is 0.279. The first-order chi connectivity index (χ1) is 9.42. The van der Waals surface area contributed by atoms with E-state index in [1.165, 1.54) is 6.42 Å². The van der Waals surface area contributed by atoms with Crippen LogP contribution < -0.4 is 5.32 Å². The predicted molar refractivity (Wildman–Crippen MR) is 77.3 cm³/mol. The van der Waals surface area contributed by atoms with Crippen molar-refractivity contribution in [1.82, 2.24) is 5.32 Å². The smallest absolute Gasteiger partial charge is 0.303 e. The Bertz CT molecular complexity index is 374. The third-order valence-corrected chi connectivity index (χ3v) is 5.54. The highest BCUT2D eigenvalue weighted by molar-refractivity contribution is 5.78. The minimum atomic E-state index is -0.775. The van der Waals surface area contributed by atoms with Crippen LogP contribution >= 0.6 is 0 Å². The molecule has 0 bridgehead atoms. The lowest BCUT2D eigenvalue weighted by Crippen LogP contribution is -2.40. The van der Waals surface area contributed by atoms with Crippen molar-refractivity contribution in [2.75, 3.05) is 0 Å². The van der Waals surface area contributed by atoms with Crippen LogP contribution in [0.1, 0.15) is 65.2 Å². The average Bonchev–Trinajstić information content (AvgIpc) is 2.90. The van der Waals surface area contributed by atoms with Gasteiger partial charge in [-0.15, -0.1) is 0 Å². The Morgan fingerprint density at radius 3 is 2.30 bits per heavy atom. The molecule has 3 atom stereocenters. The Hall–Kier alpha value is -1.06. The first-order valence-corrected chi connectivity index (χ1v) is 7.93.